The van der Waals surface area contributed by atoms with E-state index in [9.17, 15) is 0 Å². The van der Waals surface area contributed by atoms with Crippen molar-refractivity contribution < 1.29 is 4.74 Å². The molecule has 78 valence electrons. The van der Waals surface area contributed by atoms with Crippen molar-refractivity contribution in [1.29, 1.82) is 0 Å². The van der Waals surface area contributed by atoms with E-state index in [1.54, 1.807) is 0 Å². The van der Waals surface area contributed by atoms with E-state index >= 15 is 0 Å². The SMILES string of the molecule is CCOC1(CCNC(C)C)CCC1. The number of rotatable bonds is 6. The highest BCUT2D eigenvalue weighted by Crippen LogP contribution is 2.38. The number of ether oxygens (including phenoxy) is 1. The zero-order chi connectivity index (χ0) is 9.73. The summed E-state index contributed by atoms with van der Waals surface area (Å²) >= 11 is 0. The van der Waals surface area contributed by atoms with E-state index in [1.165, 1.54) is 25.7 Å². The molecular formula is C11H23NO. The molecule has 1 N–H and O–H groups in total. The van der Waals surface area contributed by atoms with Crippen LogP contribution in [0.2, 0.25) is 0 Å². The molecule has 1 fully saturated rings. The van der Waals surface area contributed by atoms with Gasteiger partial charge in [0.25, 0.3) is 0 Å². The van der Waals surface area contributed by atoms with Gasteiger partial charge in [0.2, 0.25) is 0 Å². The predicted octanol–water partition coefficient (Wildman–Crippen LogP) is 2.33. The van der Waals surface area contributed by atoms with E-state index in [2.05, 4.69) is 26.1 Å². The summed E-state index contributed by atoms with van der Waals surface area (Å²) in [5, 5.41) is 3.45. The average Bonchev–Trinajstić information content (AvgIpc) is 1.99. The van der Waals surface area contributed by atoms with Gasteiger partial charge in [-0.25, -0.2) is 0 Å². The Morgan fingerprint density at radius 2 is 2.08 bits per heavy atom. The van der Waals surface area contributed by atoms with Gasteiger partial charge < -0.3 is 10.1 Å². The first-order valence-electron chi connectivity index (χ1n) is 5.56. The maximum absolute atomic E-state index is 5.81. The lowest BCUT2D eigenvalue weighted by molar-refractivity contribution is -0.0993. The Morgan fingerprint density at radius 1 is 1.38 bits per heavy atom. The Balaban J connectivity index is 2.16. The van der Waals surface area contributed by atoms with Crippen molar-refractivity contribution in [3.63, 3.8) is 0 Å². The Hall–Kier alpha value is -0.0800. The molecule has 0 atom stereocenters. The van der Waals surface area contributed by atoms with Crippen LogP contribution in [0.4, 0.5) is 0 Å². The molecule has 0 amide bonds. The van der Waals surface area contributed by atoms with Crippen LogP contribution < -0.4 is 5.32 Å². The Labute approximate surface area is 82.0 Å². The fraction of sp³-hybridized carbons (Fsp3) is 1.00. The zero-order valence-corrected chi connectivity index (χ0v) is 9.23. The fourth-order valence-electron chi connectivity index (χ4n) is 1.93. The molecule has 0 spiro atoms. The van der Waals surface area contributed by atoms with Gasteiger partial charge in [0.15, 0.2) is 0 Å². The number of hydrogen-bond donors (Lipinski definition) is 1. The second-order valence-corrected chi connectivity index (χ2v) is 4.33. The summed E-state index contributed by atoms with van der Waals surface area (Å²) < 4.78 is 5.81. The summed E-state index contributed by atoms with van der Waals surface area (Å²) in [5.41, 5.74) is 0.247. The monoisotopic (exact) mass is 185 g/mol. The maximum Gasteiger partial charge on any atom is 0.0694 e. The lowest BCUT2D eigenvalue weighted by Crippen LogP contribution is -2.43. The molecule has 0 unspecified atom stereocenters. The summed E-state index contributed by atoms with van der Waals surface area (Å²) in [6.07, 6.45) is 5.06. The van der Waals surface area contributed by atoms with Gasteiger partial charge in [-0.3, -0.25) is 0 Å². The smallest absolute Gasteiger partial charge is 0.0694 e. The molecule has 1 aliphatic carbocycles. The van der Waals surface area contributed by atoms with Gasteiger partial charge in [0.05, 0.1) is 5.60 Å². The zero-order valence-electron chi connectivity index (χ0n) is 9.23. The molecule has 0 aliphatic heterocycles. The first-order valence-corrected chi connectivity index (χ1v) is 5.56. The van der Waals surface area contributed by atoms with Crippen LogP contribution in [-0.4, -0.2) is 24.8 Å². The van der Waals surface area contributed by atoms with E-state index < -0.39 is 0 Å². The summed E-state index contributed by atoms with van der Waals surface area (Å²) in [6.45, 7) is 8.43. The molecule has 1 rings (SSSR count). The quantitative estimate of drug-likeness (QED) is 0.686. The van der Waals surface area contributed by atoms with Crippen LogP contribution in [0.1, 0.15) is 46.5 Å². The summed E-state index contributed by atoms with van der Waals surface area (Å²) in [4.78, 5) is 0. The van der Waals surface area contributed by atoms with Crippen molar-refractivity contribution in [2.45, 2.75) is 58.1 Å². The molecule has 0 aromatic heterocycles. The highest BCUT2D eigenvalue weighted by atomic mass is 16.5. The van der Waals surface area contributed by atoms with E-state index in [0.29, 0.717) is 6.04 Å². The Morgan fingerprint density at radius 3 is 2.46 bits per heavy atom. The van der Waals surface area contributed by atoms with Crippen LogP contribution in [0.5, 0.6) is 0 Å². The first kappa shape index (κ1) is 11.0. The van der Waals surface area contributed by atoms with Crippen LogP contribution in [0.25, 0.3) is 0 Å². The molecule has 0 aromatic rings. The summed E-state index contributed by atoms with van der Waals surface area (Å²) in [5.74, 6) is 0. The Bertz CT molecular complexity index is 141. The van der Waals surface area contributed by atoms with E-state index in [0.717, 1.165) is 13.2 Å². The highest BCUT2D eigenvalue weighted by Gasteiger charge is 2.36. The molecule has 0 saturated heterocycles. The fourth-order valence-corrected chi connectivity index (χ4v) is 1.93. The molecule has 2 nitrogen and oxygen atoms in total. The van der Waals surface area contributed by atoms with Gasteiger partial charge in [-0.1, -0.05) is 13.8 Å². The minimum absolute atomic E-state index is 0.247. The highest BCUT2D eigenvalue weighted by molar-refractivity contribution is 4.90. The van der Waals surface area contributed by atoms with E-state index in [-0.39, 0.29) is 5.60 Å². The molecule has 0 heterocycles. The largest absolute Gasteiger partial charge is 0.375 e. The van der Waals surface area contributed by atoms with Gasteiger partial charge in [-0.05, 0) is 39.2 Å². The third kappa shape index (κ3) is 3.28. The van der Waals surface area contributed by atoms with Gasteiger partial charge >= 0.3 is 0 Å². The average molecular weight is 185 g/mol. The minimum Gasteiger partial charge on any atom is -0.375 e. The predicted molar refractivity (Wildman–Crippen MR) is 56.0 cm³/mol. The van der Waals surface area contributed by atoms with Crippen LogP contribution in [0.15, 0.2) is 0 Å². The lowest BCUT2D eigenvalue weighted by Gasteiger charge is -2.41. The molecule has 0 bridgehead atoms. The van der Waals surface area contributed by atoms with Crippen molar-refractivity contribution >= 4 is 0 Å². The minimum atomic E-state index is 0.247. The van der Waals surface area contributed by atoms with Crippen molar-refractivity contribution in [3.8, 4) is 0 Å². The maximum atomic E-state index is 5.81. The van der Waals surface area contributed by atoms with Gasteiger partial charge in [0, 0.05) is 12.6 Å². The standard InChI is InChI=1S/C11H23NO/c1-4-13-11(6-5-7-11)8-9-12-10(2)3/h10,12H,4-9H2,1-3H3. The Kier molecular flexibility index (Phi) is 4.20. The molecule has 13 heavy (non-hydrogen) atoms. The van der Waals surface area contributed by atoms with Gasteiger partial charge in [-0.15, -0.1) is 0 Å². The summed E-state index contributed by atoms with van der Waals surface area (Å²) in [6, 6.07) is 0.596. The van der Waals surface area contributed by atoms with Crippen molar-refractivity contribution in [3.05, 3.63) is 0 Å². The molecule has 0 aromatic carbocycles. The third-order valence-corrected chi connectivity index (χ3v) is 2.85. The normalized spacial score (nSPS) is 20.3. The van der Waals surface area contributed by atoms with Gasteiger partial charge in [-0.2, -0.15) is 0 Å². The van der Waals surface area contributed by atoms with Crippen LogP contribution in [0, 0.1) is 0 Å². The topological polar surface area (TPSA) is 21.3 Å². The number of hydrogen-bond acceptors (Lipinski definition) is 2. The lowest BCUT2D eigenvalue weighted by atomic mass is 9.77. The van der Waals surface area contributed by atoms with E-state index in [1.807, 2.05) is 0 Å². The summed E-state index contributed by atoms with van der Waals surface area (Å²) in [7, 11) is 0. The van der Waals surface area contributed by atoms with Crippen molar-refractivity contribution in [2.24, 2.45) is 0 Å². The van der Waals surface area contributed by atoms with Crippen molar-refractivity contribution in [1.82, 2.24) is 5.32 Å². The van der Waals surface area contributed by atoms with Crippen LogP contribution in [0.3, 0.4) is 0 Å². The van der Waals surface area contributed by atoms with Crippen molar-refractivity contribution in [2.75, 3.05) is 13.2 Å². The third-order valence-electron chi connectivity index (χ3n) is 2.85. The second-order valence-electron chi connectivity index (χ2n) is 4.33. The molecular weight excluding hydrogens is 162 g/mol. The molecule has 0 radical (unpaired) electrons. The second kappa shape index (κ2) is 4.97. The first-order chi connectivity index (χ1) is 6.18. The number of nitrogens with one attached hydrogen (secondary N) is 1. The molecule has 1 aliphatic rings. The molecule has 1 saturated carbocycles. The molecule has 2 heteroatoms. The van der Waals surface area contributed by atoms with Gasteiger partial charge in [0.1, 0.15) is 0 Å². The van der Waals surface area contributed by atoms with Crippen LogP contribution in [-0.2, 0) is 4.74 Å². The van der Waals surface area contributed by atoms with E-state index in [4.69, 9.17) is 4.74 Å². The van der Waals surface area contributed by atoms with Crippen LogP contribution >= 0.6 is 0 Å².